The molecule has 15 heavy (non-hydrogen) atoms. The van der Waals surface area contributed by atoms with Crippen LogP contribution in [0.25, 0.3) is 0 Å². The van der Waals surface area contributed by atoms with Crippen LogP contribution in [0.4, 0.5) is 0 Å². The maximum Gasteiger partial charge on any atom is 0.163 e. The maximum atomic E-state index is 11.7. The lowest BCUT2D eigenvalue weighted by molar-refractivity contribution is 0.0984. The molecule has 0 fully saturated rings. The van der Waals surface area contributed by atoms with Crippen molar-refractivity contribution in [1.29, 1.82) is 0 Å². The second kappa shape index (κ2) is 5.72. The first-order valence-corrected chi connectivity index (χ1v) is 5.63. The van der Waals surface area contributed by atoms with Crippen molar-refractivity contribution in [3.8, 4) is 11.8 Å². The van der Waals surface area contributed by atoms with Crippen molar-refractivity contribution in [3.63, 3.8) is 0 Å². The average molecular weight is 265 g/mol. The van der Waals surface area contributed by atoms with Crippen molar-refractivity contribution in [2.24, 2.45) is 0 Å². The van der Waals surface area contributed by atoms with Crippen molar-refractivity contribution in [2.75, 3.05) is 0 Å². The number of ketones is 1. The second-order valence-electron chi connectivity index (χ2n) is 3.37. The molecular weight excluding hydrogens is 252 g/mol. The number of rotatable bonds is 3. The van der Waals surface area contributed by atoms with Crippen molar-refractivity contribution >= 4 is 21.7 Å². The Balaban J connectivity index is 2.76. The molecule has 0 N–H and O–H groups in total. The molecule has 0 unspecified atom stereocenters. The van der Waals surface area contributed by atoms with Gasteiger partial charge in [-0.05, 0) is 37.6 Å². The van der Waals surface area contributed by atoms with E-state index in [0.717, 1.165) is 15.6 Å². The van der Waals surface area contributed by atoms with Gasteiger partial charge >= 0.3 is 0 Å². The van der Waals surface area contributed by atoms with E-state index in [4.69, 9.17) is 0 Å². The smallest absolute Gasteiger partial charge is 0.163 e. The Morgan fingerprint density at radius 2 is 2.13 bits per heavy atom. The van der Waals surface area contributed by atoms with Gasteiger partial charge in [0.2, 0.25) is 0 Å². The zero-order chi connectivity index (χ0) is 11.3. The third kappa shape index (κ3) is 3.89. The topological polar surface area (TPSA) is 17.1 Å². The summed E-state index contributed by atoms with van der Waals surface area (Å²) in [5.41, 5.74) is 1.86. The Morgan fingerprint density at radius 3 is 2.73 bits per heavy atom. The van der Waals surface area contributed by atoms with E-state index in [0.29, 0.717) is 12.8 Å². The molecule has 0 saturated heterocycles. The fourth-order valence-electron chi connectivity index (χ4n) is 1.34. The van der Waals surface area contributed by atoms with E-state index >= 15 is 0 Å². The van der Waals surface area contributed by atoms with Crippen molar-refractivity contribution in [3.05, 3.63) is 33.8 Å². The first-order chi connectivity index (χ1) is 7.13. The molecule has 78 valence electrons. The number of carbonyl (C=O) groups excluding carboxylic acids is 1. The molecule has 0 aliphatic heterocycles. The molecule has 0 spiro atoms. The zero-order valence-electron chi connectivity index (χ0n) is 8.93. The summed E-state index contributed by atoms with van der Waals surface area (Å²) in [5, 5.41) is 0. The highest BCUT2D eigenvalue weighted by atomic mass is 79.9. The van der Waals surface area contributed by atoms with Gasteiger partial charge in [0.05, 0.1) is 0 Å². The van der Waals surface area contributed by atoms with E-state index in [9.17, 15) is 4.79 Å². The number of hydrogen-bond acceptors (Lipinski definition) is 1. The van der Waals surface area contributed by atoms with Crippen LogP contribution in [0.2, 0.25) is 0 Å². The van der Waals surface area contributed by atoms with Crippen LogP contribution in [0.15, 0.2) is 22.7 Å². The lowest BCUT2D eigenvalue weighted by atomic mass is 10.0. The monoisotopic (exact) mass is 264 g/mol. The average Bonchev–Trinajstić information content (AvgIpc) is 2.16. The van der Waals surface area contributed by atoms with E-state index in [1.165, 1.54) is 0 Å². The molecule has 0 heterocycles. The summed E-state index contributed by atoms with van der Waals surface area (Å²) in [6.45, 7) is 3.76. The number of hydrogen-bond donors (Lipinski definition) is 0. The van der Waals surface area contributed by atoms with Crippen LogP contribution < -0.4 is 0 Å². The molecule has 1 aromatic rings. The van der Waals surface area contributed by atoms with Crippen LogP contribution in [0.5, 0.6) is 0 Å². The Labute approximate surface area is 99.0 Å². The Hall–Kier alpha value is -1.07. The first kappa shape index (κ1) is 12.0. The van der Waals surface area contributed by atoms with Gasteiger partial charge in [-0.25, -0.2) is 0 Å². The molecule has 0 aliphatic carbocycles. The number of halogens is 1. The molecule has 0 saturated carbocycles. The number of carbonyl (C=O) groups is 1. The van der Waals surface area contributed by atoms with Crippen LogP contribution >= 0.6 is 15.9 Å². The lowest BCUT2D eigenvalue weighted by Crippen LogP contribution is -1.98. The fraction of sp³-hybridized carbons (Fsp3) is 0.308. The molecule has 1 rings (SSSR count). The third-order valence-electron chi connectivity index (χ3n) is 2.02. The second-order valence-corrected chi connectivity index (χ2v) is 4.28. The highest BCUT2D eigenvalue weighted by Gasteiger charge is 2.05. The Kier molecular flexibility index (Phi) is 4.58. The molecule has 1 aromatic carbocycles. The van der Waals surface area contributed by atoms with Gasteiger partial charge in [-0.2, -0.15) is 0 Å². The van der Waals surface area contributed by atoms with E-state index < -0.39 is 0 Å². The maximum absolute atomic E-state index is 11.7. The normalized spacial score (nSPS) is 9.27. The van der Waals surface area contributed by atoms with Crippen LogP contribution in [0.1, 0.15) is 35.7 Å². The van der Waals surface area contributed by atoms with Gasteiger partial charge in [0.1, 0.15) is 0 Å². The van der Waals surface area contributed by atoms with Gasteiger partial charge in [0.15, 0.2) is 5.78 Å². The molecule has 0 radical (unpaired) electrons. The number of aryl methyl sites for hydroxylation is 1. The minimum absolute atomic E-state index is 0.155. The van der Waals surface area contributed by atoms with Crippen LogP contribution in [0, 0.1) is 18.8 Å². The standard InChI is InChI=1S/C13H13BrO/c1-3-4-5-6-13(15)11-7-10(2)8-12(14)9-11/h7-9H,5-6H2,1-2H3. The summed E-state index contributed by atoms with van der Waals surface area (Å²) >= 11 is 3.38. The minimum atomic E-state index is 0.155. The lowest BCUT2D eigenvalue weighted by Gasteiger charge is -2.01. The SMILES string of the molecule is CC#CCCC(=O)c1cc(C)cc(Br)c1. The highest BCUT2D eigenvalue weighted by molar-refractivity contribution is 9.10. The summed E-state index contributed by atoms with van der Waals surface area (Å²) in [5.74, 6) is 5.84. The van der Waals surface area contributed by atoms with Crippen molar-refractivity contribution < 1.29 is 4.79 Å². The summed E-state index contributed by atoms with van der Waals surface area (Å²) in [7, 11) is 0. The van der Waals surface area contributed by atoms with Gasteiger partial charge < -0.3 is 0 Å². The summed E-state index contributed by atoms with van der Waals surface area (Å²) < 4.78 is 0.951. The predicted octanol–water partition coefficient (Wildman–Crippen LogP) is 3.74. The molecule has 0 amide bonds. The predicted molar refractivity (Wildman–Crippen MR) is 65.9 cm³/mol. The van der Waals surface area contributed by atoms with E-state index in [1.807, 2.05) is 25.1 Å². The van der Waals surface area contributed by atoms with Crippen LogP contribution in [0.3, 0.4) is 0 Å². The molecular formula is C13H13BrO. The van der Waals surface area contributed by atoms with Crippen molar-refractivity contribution in [1.82, 2.24) is 0 Å². The molecule has 0 atom stereocenters. The van der Waals surface area contributed by atoms with Crippen LogP contribution in [-0.4, -0.2) is 5.78 Å². The van der Waals surface area contributed by atoms with Gasteiger partial charge in [-0.3, -0.25) is 4.79 Å². The molecule has 0 bridgehead atoms. The van der Waals surface area contributed by atoms with E-state index in [-0.39, 0.29) is 5.78 Å². The summed E-state index contributed by atoms with van der Waals surface area (Å²) in [4.78, 5) is 11.7. The van der Waals surface area contributed by atoms with Gasteiger partial charge in [0.25, 0.3) is 0 Å². The van der Waals surface area contributed by atoms with E-state index in [2.05, 4.69) is 27.8 Å². The third-order valence-corrected chi connectivity index (χ3v) is 2.48. The zero-order valence-corrected chi connectivity index (χ0v) is 10.5. The molecule has 2 heteroatoms. The van der Waals surface area contributed by atoms with Gasteiger partial charge in [0, 0.05) is 22.9 Å². The largest absolute Gasteiger partial charge is 0.294 e. The molecule has 0 aliphatic rings. The van der Waals surface area contributed by atoms with Crippen molar-refractivity contribution in [2.45, 2.75) is 26.7 Å². The minimum Gasteiger partial charge on any atom is -0.294 e. The highest BCUT2D eigenvalue weighted by Crippen LogP contribution is 2.16. The van der Waals surface area contributed by atoms with E-state index in [1.54, 1.807) is 6.92 Å². The quantitative estimate of drug-likeness (QED) is 0.601. The molecule has 1 nitrogen and oxygen atoms in total. The van der Waals surface area contributed by atoms with Crippen LogP contribution in [-0.2, 0) is 0 Å². The summed E-state index contributed by atoms with van der Waals surface area (Å²) in [6, 6.07) is 5.75. The Morgan fingerprint density at radius 1 is 1.40 bits per heavy atom. The number of benzene rings is 1. The fourth-order valence-corrected chi connectivity index (χ4v) is 1.95. The summed E-state index contributed by atoms with van der Waals surface area (Å²) in [6.07, 6.45) is 1.14. The molecule has 0 aromatic heterocycles. The number of Topliss-reactive ketones (excluding diaryl/α,β-unsaturated/α-hetero) is 1. The van der Waals surface area contributed by atoms with Gasteiger partial charge in [-0.1, -0.05) is 15.9 Å². The first-order valence-electron chi connectivity index (χ1n) is 4.83. The Bertz CT molecular complexity index is 404. The van der Waals surface area contributed by atoms with Gasteiger partial charge in [-0.15, -0.1) is 11.8 Å².